The van der Waals surface area contributed by atoms with Crippen LogP contribution in [0.2, 0.25) is 0 Å². The number of carbonyl (C=O) groups excluding carboxylic acids is 1. The van der Waals surface area contributed by atoms with Gasteiger partial charge in [0.25, 0.3) is 5.69 Å². The van der Waals surface area contributed by atoms with Crippen LogP contribution < -0.4 is 5.32 Å². The van der Waals surface area contributed by atoms with Crippen LogP contribution in [0.3, 0.4) is 0 Å². The Morgan fingerprint density at radius 2 is 1.93 bits per heavy atom. The quantitative estimate of drug-likeness (QED) is 0.469. The Morgan fingerprint density at radius 1 is 1.21 bits per heavy atom. The summed E-state index contributed by atoms with van der Waals surface area (Å²) in [5, 5.41) is 17.3. The lowest BCUT2D eigenvalue weighted by atomic mass is 10.2. The topological polar surface area (TPSA) is 120 Å². The van der Waals surface area contributed by atoms with E-state index in [1.807, 2.05) is 30.3 Å². The largest absolute Gasteiger partial charge is 0.367 e. The SMILES string of the molecule is C[C@@H](NC(=O)COCc1ccccc1)c1nc(-c2ccc([N+](=O)[O-])cc2)no1. The van der Waals surface area contributed by atoms with Gasteiger partial charge in [-0.3, -0.25) is 14.9 Å². The van der Waals surface area contributed by atoms with Gasteiger partial charge in [0.05, 0.1) is 11.5 Å². The first-order valence-electron chi connectivity index (χ1n) is 8.52. The number of aromatic nitrogens is 2. The number of nitrogens with one attached hydrogen (secondary N) is 1. The van der Waals surface area contributed by atoms with E-state index in [4.69, 9.17) is 9.26 Å². The number of amides is 1. The molecule has 2 aromatic carbocycles. The first kappa shape index (κ1) is 19.2. The Labute approximate surface area is 160 Å². The number of hydrogen-bond donors (Lipinski definition) is 1. The van der Waals surface area contributed by atoms with Crippen molar-refractivity contribution in [3.05, 3.63) is 76.2 Å². The number of rotatable bonds is 8. The molecule has 3 aromatic rings. The molecule has 1 heterocycles. The van der Waals surface area contributed by atoms with Crippen LogP contribution >= 0.6 is 0 Å². The van der Waals surface area contributed by atoms with Crippen molar-refractivity contribution in [1.29, 1.82) is 0 Å². The van der Waals surface area contributed by atoms with Gasteiger partial charge in [-0.1, -0.05) is 35.5 Å². The van der Waals surface area contributed by atoms with Crippen LogP contribution in [0.4, 0.5) is 5.69 Å². The predicted molar refractivity (Wildman–Crippen MR) is 99.0 cm³/mol. The van der Waals surface area contributed by atoms with Crippen molar-refractivity contribution in [2.45, 2.75) is 19.6 Å². The van der Waals surface area contributed by atoms with Gasteiger partial charge in [0, 0.05) is 17.7 Å². The van der Waals surface area contributed by atoms with Crippen molar-refractivity contribution in [3.63, 3.8) is 0 Å². The molecule has 0 aliphatic heterocycles. The Kier molecular flexibility index (Phi) is 6.07. The maximum atomic E-state index is 12.0. The van der Waals surface area contributed by atoms with Gasteiger partial charge >= 0.3 is 0 Å². The zero-order valence-corrected chi connectivity index (χ0v) is 15.1. The molecule has 9 heteroatoms. The fraction of sp³-hybridized carbons (Fsp3) is 0.211. The van der Waals surface area contributed by atoms with Crippen LogP contribution in [-0.4, -0.2) is 27.6 Å². The minimum Gasteiger partial charge on any atom is -0.367 e. The van der Waals surface area contributed by atoms with Crippen molar-refractivity contribution < 1.29 is 19.0 Å². The third-order valence-corrected chi connectivity index (χ3v) is 3.87. The van der Waals surface area contributed by atoms with Crippen LogP contribution in [0.1, 0.15) is 24.4 Å². The van der Waals surface area contributed by atoms with Crippen molar-refractivity contribution >= 4 is 11.6 Å². The molecule has 0 unspecified atom stereocenters. The third kappa shape index (κ3) is 4.98. The van der Waals surface area contributed by atoms with Crippen LogP contribution in [0.5, 0.6) is 0 Å². The van der Waals surface area contributed by atoms with E-state index in [1.54, 1.807) is 6.92 Å². The molecular weight excluding hydrogens is 364 g/mol. The smallest absolute Gasteiger partial charge is 0.269 e. The van der Waals surface area contributed by atoms with E-state index >= 15 is 0 Å². The number of nitrogens with zero attached hydrogens (tertiary/aromatic N) is 3. The molecule has 1 atom stereocenters. The number of nitro benzene ring substituents is 1. The fourth-order valence-corrected chi connectivity index (χ4v) is 2.44. The molecule has 0 aliphatic rings. The maximum Gasteiger partial charge on any atom is 0.269 e. The van der Waals surface area contributed by atoms with Crippen LogP contribution in [0, 0.1) is 10.1 Å². The van der Waals surface area contributed by atoms with Crippen molar-refractivity contribution in [1.82, 2.24) is 15.5 Å². The van der Waals surface area contributed by atoms with Gasteiger partial charge in [-0.15, -0.1) is 0 Å². The Hall–Kier alpha value is -3.59. The molecule has 9 nitrogen and oxygen atoms in total. The lowest BCUT2D eigenvalue weighted by molar-refractivity contribution is -0.384. The second kappa shape index (κ2) is 8.87. The molecule has 0 spiro atoms. The molecule has 3 rings (SSSR count). The van der Waals surface area contributed by atoms with E-state index in [-0.39, 0.29) is 29.9 Å². The Morgan fingerprint density at radius 3 is 2.61 bits per heavy atom. The highest BCUT2D eigenvalue weighted by molar-refractivity contribution is 5.77. The van der Waals surface area contributed by atoms with Gasteiger partial charge in [-0.25, -0.2) is 0 Å². The minimum absolute atomic E-state index is 0.0244. The zero-order chi connectivity index (χ0) is 19.9. The van der Waals surface area contributed by atoms with E-state index < -0.39 is 11.0 Å². The number of non-ortho nitro benzene ring substituents is 1. The van der Waals surface area contributed by atoms with Gasteiger partial charge in [-0.2, -0.15) is 4.98 Å². The van der Waals surface area contributed by atoms with E-state index in [2.05, 4.69) is 15.5 Å². The predicted octanol–water partition coefficient (Wildman–Crippen LogP) is 3.04. The summed E-state index contributed by atoms with van der Waals surface area (Å²) in [7, 11) is 0. The first-order valence-corrected chi connectivity index (χ1v) is 8.52. The van der Waals surface area contributed by atoms with Crippen molar-refractivity contribution in [2.75, 3.05) is 6.61 Å². The average molecular weight is 382 g/mol. The normalized spacial score (nSPS) is 11.8. The molecule has 1 amide bonds. The van der Waals surface area contributed by atoms with Gasteiger partial charge in [-0.05, 0) is 24.6 Å². The van der Waals surface area contributed by atoms with Crippen molar-refractivity contribution in [3.8, 4) is 11.4 Å². The molecule has 0 radical (unpaired) electrons. The Balaban J connectivity index is 1.52. The molecular formula is C19H18N4O5. The van der Waals surface area contributed by atoms with Gasteiger partial charge in [0.2, 0.25) is 17.6 Å². The number of hydrogen-bond acceptors (Lipinski definition) is 7. The van der Waals surface area contributed by atoms with Gasteiger partial charge in [0.15, 0.2) is 0 Å². The standard InChI is InChI=1S/C19H18N4O5/c1-13(20-17(24)12-27-11-14-5-3-2-4-6-14)19-21-18(22-28-19)15-7-9-16(10-8-15)23(25)26/h2-10,13H,11-12H2,1H3,(H,20,24)/t13-/m1/s1. The van der Waals surface area contributed by atoms with E-state index in [0.29, 0.717) is 12.2 Å². The molecule has 0 bridgehead atoms. The highest BCUT2D eigenvalue weighted by Gasteiger charge is 2.18. The van der Waals surface area contributed by atoms with Crippen LogP contribution in [0.15, 0.2) is 59.1 Å². The monoisotopic (exact) mass is 382 g/mol. The summed E-state index contributed by atoms with van der Waals surface area (Å²) in [5.74, 6) is 0.203. The van der Waals surface area contributed by atoms with Gasteiger partial charge < -0.3 is 14.6 Å². The molecule has 1 N–H and O–H groups in total. The van der Waals surface area contributed by atoms with Crippen LogP contribution in [0.25, 0.3) is 11.4 Å². The third-order valence-electron chi connectivity index (χ3n) is 3.87. The minimum atomic E-state index is -0.507. The molecule has 1 aromatic heterocycles. The highest BCUT2D eigenvalue weighted by atomic mass is 16.6. The van der Waals surface area contributed by atoms with E-state index in [9.17, 15) is 14.9 Å². The van der Waals surface area contributed by atoms with E-state index in [0.717, 1.165) is 5.56 Å². The van der Waals surface area contributed by atoms with E-state index in [1.165, 1.54) is 24.3 Å². The first-order chi connectivity index (χ1) is 13.5. The molecule has 0 fully saturated rings. The summed E-state index contributed by atoms with van der Waals surface area (Å²) in [6.07, 6.45) is 0. The average Bonchev–Trinajstić information content (AvgIpc) is 3.19. The van der Waals surface area contributed by atoms with Crippen LogP contribution in [-0.2, 0) is 16.1 Å². The summed E-state index contributed by atoms with van der Waals surface area (Å²) in [4.78, 5) is 26.5. The number of benzene rings is 2. The fourth-order valence-electron chi connectivity index (χ4n) is 2.44. The molecule has 0 saturated heterocycles. The molecule has 28 heavy (non-hydrogen) atoms. The number of carbonyl (C=O) groups is 1. The zero-order valence-electron chi connectivity index (χ0n) is 15.1. The lowest BCUT2D eigenvalue weighted by Crippen LogP contribution is -2.30. The lowest BCUT2D eigenvalue weighted by Gasteiger charge is -2.10. The summed E-state index contributed by atoms with van der Waals surface area (Å²) in [6, 6.07) is 14.8. The van der Waals surface area contributed by atoms with Gasteiger partial charge in [0.1, 0.15) is 12.6 Å². The Bertz CT molecular complexity index is 940. The maximum absolute atomic E-state index is 12.0. The highest BCUT2D eigenvalue weighted by Crippen LogP contribution is 2.21. The summed E-state index contributed by atoms with van der Waals surface area (Å²) in [6.45, 7) is 1.96. The molecule has 0 aliphatic carbocycles. The summed E-state index contributed by atoms with van der Waals surface area (Å²) >= 11 is 0. The number of ether oxygens (including phenoxy) is 1. The molecule has 144 valence electrons. The second-order valence-electron chi connectivity index (χ2n) is 6.03. The number of nitro groups is 1. The summed E-state index contributed by atoms with van der Waals surface area (Å²) in [5.41, 5.74) is 1.53. The summed E-state index contributed by atoms with van der Waals surface area (Å²) < 4.78 is 10.6. The second-order valence-corrected chi connectivity index (χ2v) is 6.03. The van der Waals surface area contributed by atoms with Crippen molar-refractivity contribution in [2.24, 2.45) is 0 Å². The molecule has 0 saturated carbocycles.